The molecule has 7 nitrogen and oxygen atoms in total. The van der Waals surface area contributed by atoms with E-state index in [2.05, 4.69) is 26.0 Å². The molecule has 0 N–H and O–H groups in total. The van der Waals surface area contributed by atoms with E-state index in [0.29, 0.717) is 19.6 Å². The lowest BCUT2D eigenvalue weighted by molar-refractivity contribution is -0.120. The van der Waals surface area contributed by atoms with Crippen LogP contribution in [0.4, 0.5) is 11.4 Å². The first kappa shape index (κ1) is 27.6. The zero-order chi connectivity index (χ0) is 28.4. The zero-order valence-corrected chi connectivity index (χ0v) is 24.1. The summed E-state index contributed by atoms with van der Waals surface area (Å²) in [5, 5.41) is 0. The summed E-state index contributed by atoms with van der Waals surface area (Å²) in [6.45, 7) is 9.29. The monoisotopic (exact) mass is 538 g/mol. The van der Waals surface area contributed by atoms with E-state index in [4.69, 9.17) is 9.72 Å². The van der Waals surface area contributed by atoms with E-state index < -0.39 is 0 Å². The van der Waals surface area contributed by atoms with Gasteiger partial charge in [-0.1, -0.05) is 55.0 Å². The van der Waals surface area contributed by atoms with E-state index in [1.807, 2.05) is 82.8 Å². The molecular weight excluding hydrogens is 500 g/mol. The van der Waals surface area contributed by atoms with Crippen LogP contribution in [0.1, 0.15) is 48.7 Å². The Hall–Kier alpha value is -3.97. The first-order valence-electron chi connectivity index (χ1n) is 14.0. The summed E-state index contributed by atoms with van der Waals surface area (Å²) in [5.74, 6) is 0.695. The number of rotatable bonds is 9. The molecule has 2 atom stereocenters. The SMILES string of the molecule is CCc1cccc(C)c1N(C(=O)Cn1c(C2CC(=O)N(c3ccc(C)cc3)C2)nc2ccccc21)C(C)COC. The van der Waals surface area contributed by atoms with Crippen LogP contribution in [0.5, 0.6) is 0 Å². The second-order valence-electron chi connectivity index (χ2n) is 10.8. The summed E-state index contributed by atoms with van der Waals surface area (Å²) < 4.78 is 7.52. The maximum Gasteiger partial charge on any atom is 0.247 e. The number of fused-ring (bicyclic) bond motifs is 1. The average Bonchev–Trinajstić information content (AvgIpc) is 3.50. The van der Waals surface area contributed by atoms with Gasteiger partial charge in [0.1, 0.15) is 12.4 Å². The van der Waals surface area contributed by atoms with Crippen LogP contribution < -0.4 is 9.80 Å². The zero-order valence-electron chi connectivity index (χ0n) is 24.1. The van der Waals surface area contributed by atoms with Crippen LogP contribution in [0.2, 0.25) is 0 Å². The predicted octanol–water partition coefficient (Wildman–Crippen LogP) is 5.80. The Kier molecular flexibility index (Phi) is 8.03. The van der Waals surface area contributed by atoms with Crippen molar-refractivity contribution in [2.24, 2.45) is 0 Å². The molecular formula is C33H38N4O3. The fourth-order valence-electron chi connectivity index (χ4n) is 5.89. The highest BCUT2D eigenvalue weighted by Crippen LogP contribution is 2.34. The molecule has 4 aromatic rings. The average molecular weight is 539 g/mol. The molecule has 1 fully saturated rings. The van der Waals surface area contributed by atoms with Gasteiger partial charge in [0, 0.05) is 31.7 Å². The standard InChI is InChI=1S/C33H38N4O3/c1-6-25-11-9-10-23(3)32(25)37(24(4)21-40-5)31(39)20-36-29-13-8-7-12-28(29)34-33(36)26-18-30(38)35(19-26)27-16-14-22(2)15-17-27/h7-17,24,26H,6,18-21H2,1-5H3. The van der Waals surface area contributed by atoms with Crippen LogP contribution >= 0.6 is 0 Å². The normalized spacial score (nSPS) is 16.1. The third-order valence-electron chi connectivity index (χ3n) is 7.87. The van der Waals surface area contributed by atoms with Crippen molar-refractivity contribution in [1.82, 2.24) is 9.55 Å². The number of carbonyl (C=O) groups is 2. The van der Waals surface area contributed by atoms with Crippen molar-refractivity contribution < 1.29 is 14.3 Å². The van der Waals surface area contributed by atoms with Crippen molar-refractivity contribution >= 4 is 34.2 Å². The molecule has 7 heteroatoms. The minimum Gasteiger partial charge on any atom is -0.383 e. The number of benzene rings is 3. The van der Waals surface area contributed by atoms with E-state index in [1.54, 1.807) is 7.11 Å². The van der Waals surface area contributed by atoms with Crippen molar-refractivity contribution in [3.05, 3.63) is 89.2 Å². The number of aromatic nitrogens is 2. The molecule has 1 aromatic heterocycles. The lowest BCUT2D eigenvalue weighted by Gasteiger charge is -2.32. The lowest BCUT2D eigenvalue weighted by Crippen LogP contribution is -2.44. The Labute approximate surface area is 236 Å². The third-order valence-corrected chi connectivity index (χ3v) is 7.87. The van der Waals surface area contributed by atoms with Gasteiger partial charge in [-0.25, -0.2) is 4.98 Å². The summed E-state index contributed by atoms with van der Waals surface area (Å²) in [6, 6.07) is 21.9. The molecule has 2 heterocycles. The number of carbonyl (C=O) groups excluding carboxylic acids is 2. The van der Waals surface area contributed by atoms with E-state index in [1.165, 1.54) is 0 Å². The summed E-state index contributed by atoms with van der Waals surface area (Å²) in [6.07, 6.45) is 1.17. The Morgan fingerprint density at radius 3 is 2.55 bits per heavy atom. The van der Waals surface area contributed by atoms with Gasteiger partial charge in [0.05, 0.1) is 29.4 Å². The van der Waals surface area contributed by atoms with E-state index in [9.17, 15) is 9.59 Å². The number of methoxy groups -OCH3 is 1. The van der Waals surface area contributed by atoms with Crippen LogP contribution in [0.3, 0.4) is 0 Å². The third kappa shape index (κ3) is 5.26. The molecule has 0 spiro atoms. The number of hydrogen-bond donors (Lipinski definition) is 0. The van der Waals surface area contributed by atoms with E-state index >= 15 is 0 Å². The van der Waals surface area contributed by atoms with Gasteiger partial charge in [0.2, 0.25) is 11.8 Å². The molecule has 2 amide bonds. The number of ether oxygens (including phenoxy) is 1. The van der Waals surface area contributed by atoms with Crippen LogP contribution in [0.15, 0.2) is 66.7 Å². The van der Waals surface area contributed by atoms with Gasteiger partial charge in [-0.2, -0.15) is 0 Å². The minimum atomic E-state index is -0.160. The van der Waals surface area contributed by atoms with Gasteiger partial charge >= 0.3 is 0 Å². The van der Waals surface area contributed by atoms with Gasteiger partial charge in [-0.15, -0.1) is 0 Å². The Morgan fingerprint density at radius 1 is 1.07 bits per heavy atom. The number of imidazole rings is 1. The maximum atomic E-state index is 14.3. The Balaban J connectivity index is 1.53. The second kappa shape index (κ2) is 11.6. The first-order valence-corrected chi connectivity index (χ1v) is 14.0. The number of aryl methyl sites for hydroxylation is 3. The molecule has 40 heavy (non-hydrogen) atoms. The van der Waals surface area contributed by atoms with E-state index in [-0.39, 0.29) is 30.3 Å². The molecule has 208 valence electrons. The molecule has 1 aliphatic rings. The number of hydrogen-bond acceptors (Lipinski definition) is 4. The molecule has 0 radical (unpaired) electrons. The van der Waals surface area contributed by atoms with Gasteiger partial charge < -0.3 is 19.1 Å². The maximum absolute atomic E-state index is 14.3. The number of anilines is 2. The van der Waals surface area contributed by atoms with Crippen molar-refractivity contribution in [2.75, 3.05) is 30.1 Å². The largest absolute Gasteiger partial charge is 0.383 e. The smallest absolute Gasteiger partial charge is 0.247 e. The van der Waals surface area contributed by atoms with Crippen molar-refractivity contribution in [2.45, 2.75) is 59.0 Å². The van der Waals surface area contributed by atoms with E-state index in [0.717, 1.165) is 51.3 Å². The first-order chi connectivity index (χ1) is 19.3. The summed E-state index contributed by atoms with van der Waals surface area (Å²) in [7, 11) is 1.66. The van der Waals surface area contributed by atoms with Gasteiger partial charge in [0.25, 0.3) is 0 Å². The van der Waals surface area contributed by atoms with Gasteiger partial charge in [-0.3, -0.25) is 9.59 Å². The molecule has 3 aromatic carbocycles. The number of nitrogens with zero attached hydrogens (tertiary/aromatic N) is 4. The Bertz CT molecular complexity index is 1520. The topological polar surface area (TPSA) is 67.7 Å². The van der Waals surface area contributed by atoms with Gasteiger partial charge in [0.15, 0.2) is 0 Å². The highest BCUT2D eigenvalue weighted by molar-refractivity contribution is 5.98. The molecule has 2 unspecified atom stereocenters. The van der Waals surface area contributed by atoms with Gasteiger partial charge in [-0.05, 0) is 62.6 Å². The van der Waals surface area contributed by atoms with Crippen molar-refractivity contribution in [1.29, 1.82) is 0 Å². The van der Waals surface area contributed by atoms with Crippen LogP contribution in [0, 0.1) is 13.8 Å². The second-order valence-corrected chi connectivity index (χ2v) is 10.8. The number of para-hydroxylation sites is 3. The lowest BCUT2D eigenvalue weighted by atomic mass is 10.0. The molecule has 1 aliphatic heterocycles. The minimum absolute atomic E-state index is 0.0299. The van der Waals surface area contributed by atoms with Crippen LogP contribution in [0.25, 0.3) is 11.0 Å². The van der Waals surface area contributed by atoms with Crippen molar-refractivity contribution in [3.8, 4) is 0 Å². The molecule has 5 rings (SSSR count). The highest BCUT2D eigenvalue weighted by atomic mass is 16.5. The van der Waals surface area contributed by atoms with Crippen LogP contribution in [-0.4, -0.2) is 47.7 Å². The molecule has 0 aliphatic carbocycles. The van der Waals surface area contributed by atoms with Crippen molar-refractivity contribution in [3.63, 3.8) is 0 Å². The molecule has 0 saturated carbocycles. The summed E-state index contributed by atoms with van der Waals surface area (Å²) in [5.41, 5.74) is 6.90. The Morgan fingerprint density at radius 2 is 1.82 bits per heavy atom. The number of amides is 2. The fourth-order valence-corrected chi connectivity index (χ4v) is 5.89. The quantitative estimate of drug-likeness (QED) is 0.270. The predicted molar refractivity (Wildman–Crippen MR) is 160 cm³/mol. The highest BCUT2D eigenvalue weighted by Gasteiger charge is 2.36. The fraction of sp³-hybridized carbons (Fsp3) is 0.364. The van der Waals surface area contributed by atoms with Crippen LogP contribution in [-0.2, 0) is 27.3 Å². The summed E-state index contributed by atoms with van der Waals surface area (Å²) >= 11 is 0. The molecule has 0 bridgehead atoms. The molecule has 1 saturated heterocycles. The summed E-state index contributed by atoms with van der Waals surface area (Å²) in [4.78, 5) is 36.2.